The van der Waals surface area contributed by atoms with Gasteiger partial charge >= 0.3 is 0 Å². The molecule has 1 aromatic rings. The largest absolute Gasteiger partial charge is 0.314 e. The maximum Gasteiger partial charge on any atom is 0.0939 e. The van der Waals surface area contributed by atoms with Gasteiger partial charge in [-0.25, -0.2) is 0 Å². The lowest BCUT2D eigenvalue weighted by atomic mass is 10.2. The summed E-state index contributed by atoms with van der Waals surface area (Å²) >= 11 is 1.91. The number of thioether (sulfide) groups is 1. The average Bonchev–Trinajstić information content (AvgIpc) is 2.89. The Balaban J connectivity index is 1.58. The summed E-state index contributed by atoms with van der Waals surface area (Å²) in [6.07, 6.45) is 6.84. The van der Waals surface area contributed by atoms with Crippen molar-refractivity contribution in [2.45, 2.75) is 50.1 Å². The third-order valence-electron chi connectivity index (χ3n) is 3.32. The predicted molar refractivity (Wildman–Crippen MR) is 73.5 cm³/mol. The van der Waals surface area contributed by atoms with Crippen LogP contribution in [0.1, 0.15) is 37.8 Å². The fourth-order valence-electron chi connectivity index (χ4n) is 2.41. The van der Waals surface area contributed by atoms with Gasteiger partial charge in [-0.2, -0.15) is 5.10 Å². The van der Waals surface area contributed by atoms with Crippen LogP contribution in [0.25, 0.3) is 0 Å². The molecule has 0 amide bonds. The monoisotopic (exact) mass is 253 g/mol. The maximum absolute atomic E-state index is 4.35. The Kier molecular flexibility index (Phi) is 4.92. The highest BCUT2D eigenvalue weighted by Gasteiger charge is 2.13. The van der Waals surface area contributed by atoms with Gasteiger partial charge in [-0.05, 0) is 38.8 Å². The first kappa shape index (κ1) is 13.0. The molecule has 1 aliphatic carbocycles. The molecule has 0 atom stereocenters. The van der Waals surface area contributed by atoms with Crippen molar-refractivity contribution in [3.8, 4) is 0 Å². The zero-order chi connectivity index (χ0) is 12.1. The van der Waals surface area contributed by atoms with Crippen LogP contribution in [0.5, 0.6) is 0 Å². The standard InChI is InChI=1S/C13H23N3S/c1-11-10-13(16(2)15-11)17-9-5-8-14-12-6-3-4-7-12/h10,12,14H,3-9H2,1-2H3. The molecule has 3 nitrogen and oxygen atoms in total. The van der Waals surface area contributed by atoms with Crippen LogP contribution in [-0.2, 0) is 7.05 Å². The van der Waals surface area contributed by atoms with Gasteiger partial charge in [0, 0.05) is 18.8 Å². The fraction of sp³-hybridized carbons (Fsp3) is 0.769. The second kappa shape index (κ2) is 6.45. The van der Waals surface area contributed by atoms with Crippen molar-refractivity contribution in [3.63, 3.8) is 0 Å². The zero-order valence-electron chi connectivity index (χ0n) is 10.9. The van der Waals surface area contributed by atoms with E-state index in [2.05, 4.69) is 16.5 Å². The van der Waals surface area contributed by atoms with Crippen molar-refractivity contribution >= 4 is 11.8 Å². The summed E-state index contributed by atoms with van der Waals surface area (Å²) in [5, 5.41) is 9.29. The van der Waals surface area contributed by atoms with E-state index in [0.717, 1.165) is 18.3 Å². The van der Waals surface area contributed by atoms with Crippen LogP contribution >= 0.6 is 11.8 Å². The third kappa shape index (κ3) is 4.03. The summed E-state index contributed by atoms with van der Waals surface area (Å²) in [5.74, 6) is 1.18. The van der Waals surface area contributed by atoms with E-state index in [1.165, 1.54) is 42.9 Å². The minimum Gasteiger partial charge on any atom is -0.314 e. The highest BCUT2D eigenvalue weighted by molar-refractivity contribution is 7.99. The molecule has 96 valence electrons. The summed E-state index contributed by atoms with van der Waals surface area (Å²) in [6.45, 7) is 3.21. The maximum atomic E-state index is 4.35. The molecule has 0 unspecified atom stereocenters. The fourth-order valence-corrected chi connectivity index (χ4v) is 3.39. The van der Waals surface area contributed by atoms with Gasteiger partial charge in [0.05, 0.1) is 10.7 Å². The second-order valence-corrected chi connectivity index (χ2v) is 6.00. The molecule has 1 aliphatic rings. The molecule has 2 rings (SSSR count). The summed E-state index contributed by atoms with van der Waals surface area (Å²) < 4.78 is 1.98. The second-order valence-electron chi connectivity index (χ2n) is 4.89. The number of aromatic nitrogens is 2. The van der Waals surface area contributed by atoms with Crippen molar-refractivity contribution in [2.75, 3.05) is 12.3 Å². The molecular formula is C13H23N3S. The summed E-state index contributed by atoms with van der Waals surface area (Å²) in [4.78, 5) is 0. The Hall–Kier alpha value is -0.480. The molecule has 4 heteroatoms. The number of rotatable bonds is 6. The van der Waals surface area contributed by atoms with Crippen molar-refractivity contribution in [2.24, 2.45) is 7.05 Å². The average molecular weight is 253 g/mol. The van der Waals surface area contributed by atoms with Crippen molar-refractivity contribution < 1.29 is 0 Å². The Bertz CT molecular complexity index is 342. The lowest BCUT2D eigenvalue weighted by Crippen LogP contribution is -2.27. The topological polar surface area (TPSA) is 29.9 Å². The minimum absolute atomic E-state index is 0.805. The number of nitrogens with one attached hydrogen (secondary N) is 1. The van der Waals surface area contributed by atoms with Crippen LogP contribution in [0.3, 0.4) is 0 Å². The van der Waals surface area contributed by atoms with Gasteiger partial charge in [-0.3, -0.25) is 4.68 Å². The number of nitrogens with zero attached hydrogens (tertiary/aromatic N) is 2. The van der Waals surface area contributed by atoms with Crippen LogP contribution in [0.2, 0.25) is 0 Å². The number of hydrogen-bond donors (Lipinski definition) is 1. The summed E-state index contributed by atoms with van der Waals surface area (Å²) in [5.41, 5.74) is 1.11. The smallest absolute Gasteiger partial charge is 0.0939 e. The van der Waals surface area contributed by atoms with Gasteiger partial charge in [0.25, 0.3) is 0 Å². The zero-order valence-corrected chi connectivity index (χ0v) is 11.7. The van der Waals surface area contributed by atoms with Crippen LogP contribution in [0.4, 0.5) is 0 Å². The minimum atomic E-state index is 0.805. The Morgan fingerprint density at radius 1 is 1.47 bits per heavy atom. The predicted octanol–water partition coefficient (Wildman–Crippen LogP) is 2.74. The Morgan fingerprint density at radius 2 is 2.24 bits per heavy atom. The lowest BCUT2D eigenvalue weighted by Gasteiger charge is -2.11. The van der Waals surface area contributed by atoms with Gasteiger partial charge < -0.3 is 5.32 Å². The van der Waals surface area contributed by atoms with Crippen molar-refractivity contribution in [1.82, 2.24) is 15.1 Å². The van der Waals surface area contributed by atoms with E-state index >= 15 is 0 Å². The summed E-state index contributed by atoms with van der Waals surface area (Å²) in [6, 6.07) is 2.97. The van der Waals surface area contributed by atoms with Crippen molar-refractivity contribution in [3.05, 3.63) is 11.8 Å². The highest BCUT2D eigenvalue weighted by Crippen LogP contribution is 2.20. The van der Waals surface area contributed by atoms with E-state index in [1.54, 1.807) is 0 Å². The van der Waals surface area contributed by atoms with Gasteiger partial charge in [0.2, 0.25) is 0 Å². The van der Waals surface area contributed by atoms with Crippen LogP contribution in [-0.4, -0.2) is 28.1 Å². The number of hydrogen-bond acceptors (Lipinski definition) is 3. The van der Waals surface area contributed by atoms with E-state index in [4.69, 9.17) is 0 Å². The molecule has 0 aliphatic heterocycles. The molecule has 1 N–H and O–H groups in total. The molecule has 0 bridgehead atoms. The lowest BCUT2D eigenvalue weighted by molar-refractivity contribution is 0.524. The first-order valence-corrected chi connectivity index (χ1v) is 7.61. The molecule has 1 heterocycles. The molecule has 0 spiro atoms. The molecule has 0 aromatic carbocycles. The third-order valence-corrected chi connectivity index (χ3v) is 4.49. The summed E-state index contributed by atoms with van der Waals surface area (Å²) in [7, 11) is 2.02. The Labute approximate surface area is 108 Å². The quantitative estimate of drug-likeness (QED) is 0.624. The SMILES string of the molecule is Cc1cc(SCCCNC2CCCC2)n(C)n1. The van der Waals surface area contributed by atoms with Gasteiger partial charge in [0.15, 0.2) is 0 Å². The molecule has 1 aromatic heterocycles. The first-order chi connectivity index (χ1) is 8.25. The van der Waals surface area contributed by atoms with Gasteiger partial charge in [0.1, 0.15) is 0 Å². The van der Waals surface area contributed by atoms with Gasteiger partial charge in [-0.1, -0.05) is 12.8 Å². The Morgan fingerprint density at radius 3 is 2.88 bits per heavy atom. The molecule has 1 fully saturated rings. The molecule has 0 saturated heterocycles. The van der Waals surface area contributed by atoms with Crippen molar-refractivity contribution in [1.29, 1.82) is 0 Å². The highest BCUT2D eigenvalue weighted by atomic mass is 32.2. The van der Waals surface area contributed by atoms with Crippen LogP contribution in [0, 0.1) is 6.92 Å². The molecule has 0 radical (unpaired) electrons. The van der Waals surface area contributed by atoms with Crippen LogP contribution < -0.4 is 5.32 Å². The van der Waals surface area contributed by atoms with E-state index in [-0.39, 0.29) is 0 Å². The van der Waals surface area contributed by atoms with E-state index in [9.17, 15) is 0 Å². The van der Waals surface area contributed by atoms with E-state index in [0.29, 0.717) is 0 Å². The van der Waals surface area contributed by atoms with E-state index in [1.807, 2.05) is 30.4 Å². The van der Waals surface area contributed by atoms with Gasteiger partial charge in [-0.15, -0.1) is 11.8 Å². The number of aryl methyl sites for hydroxylation is 2. The van der Waals surface area contributed by atoms with E-state index < -0.39 is 0 Å². The van der Waals surface area contributed by atoms with Crippen LogP contribution in [0.15, 0.2) is 11.1 Å². The molecule has 17 heavy (non-hydrogen) atoms. The molecular weight excluding hydrogens is 230 g/mol. The molecule has 1 saturated carbocycles. The first-order valence-electron chi connectivity index (χ1n) is 6.62. The normalized spacial score (nSPS) is 16.8.